The van der Waals surface area contributed by atoms with Crippen LogP contribution in [0.25, 0.3) is 0 Å². The summed E-state index contributed by atoms with van der Waals surface area (Å²) in [6, 6.07) is 12.1. The van der Waals surface area contributed by atoms with Crippen LogP contribution in [0.5, 0.6) is 5.75 Å². The van der Waals surface area contributed by atoms with Crippen LogP contribution < -0.4 is 4.74 Å². The first kappa shape index (κ1) is 17.8. The van der Waals surface area contributed by atoms with Crippen molar-refractivity contribution in [1.29, 1.82) is 0 Å². The predicted octanol–water partition coefficient (Wildman–Crippen LogP) is 4.79. The van der Waals surface area contributed by atoms with Crippen LogP contribution in [0.4, 0.5) is 4.39 Å². The van der Waals surface area contributed by atoms with Gasteiger partial charge in [-0.15, -0.1) is 10.2 Å². The number of benzene rings is 2. The summed E-state index contributed by atoms with van der Waals surface area (Å²) in [5, 5.41) is 9.71. The van der Waals surface area contributed by atoms with Crippen LogP contribution in [0.3, 0.4) is 0 Å². The second-order valence-corrected chi connectivity index (χ2v) is 6.95. The highest BCUT2D eigenvalue weighted by Crippen LogP contribution is 2.26. The molecule has 0 aliphatic heterocycles. The van der Waals surface area contributed by atoms with Gasteiger partial charge in [0.05, 0.1) is 5.02 Å². The fourth-order valence-corrected chi connectivity index (χ4v) is 3.25. The summed E-state index contributed by atoms with van der Waals surface area (Å²) in [6.07, 6.45) is 0. The smallest absolute Gasteiger partial charge is 0.191 e. The maximum Gasteiger partial charge on any atom is 0.191 e. The minimum absolute atomic E-state index is 0.235. The van der Waals surface area contributed by atoms with Gasteiger partial charge in [0.15, 0.2) is 11.0 Å². The Morgan fingerprint density at radius 2 is 1.92 bits per heavy atom. The monoisotopic (exact) mass is 377 g/mol. The van der Waals surface area contributed by atoms with Gasteiger partial charge >= 0.3 is 0 Å². The molecule has 0 N–H and O–H groups in total. The molecule has 0 bridgehead atoms. The highest BCUT2D eigenvalue weighted by atomic mass is 35.5. The topological polar surface area (TPSA) is 39.9 Å². The molecule has 0 saturated carbocycles. The number of ether oxygens (including phenoxy) is 1. The summed E-state index contributed by atoms with van der Waals surface area (Å²) in [6.45, 7) is 2.26. The van der Waals surface area contributed by atoms with Gasteiger partial charge in [0.2, 0.25) is 0 Å². The number of halogens is 2. The summed E-state index contributed by atoms with van der Waals surface area (Å²) < 4.78 is 20.6. The van der Waals surface area contributed by atoms with E-state index in [1.54, 1.807) is 12.1 Å². The van der Waals surface area contributed by atoms with E-state index in [2.05, 4.69) is 10.2 Å². The van der Waals surface area contributed by atoms with Crippen molar-refractivity contribution in [2.24, 2.45) is 7.05 Å². The normalized spacial score (nSPS) is 10.9. The van der Waals surface area contributed by atoms with Crippen LogP contribution >= 0.6 is 23.4 Å². The average molecular weight is 378 g/mol. The summed E-state index contributed by atoms with van der Waals surface area (Å²) in [4.78, 5) is 0. The first-order valence-corrected chi connectivity index (χ1v) is 9.04. The van der Waals surface area contributed by atoms with Crippen molar-refractivity contribution in [3.63, 3.8) is 0 Å². The molecule has 3 rings (SSSR count). The number of aromatic nitrogens is 3. The van der Waals surface area contributed by atoms with E-state index >= 15 is 0 Å². The van der Waals surface area contributed by atoms with Crippen molar-refractivity contribution in [3.8, 4) is 5.75 Å². The van der Waals surface area contributed by atoms with Crippen LogP contribution in [-0.2, 0) is 19.4 Å². The van der Waals surface area contributed by atoms with E-state index in [9.17, 15) is 4.39 Å². The first-order valence-electron chi connectivity index (χ1n) is 7.67. The molecule has 0 atom stereocenters. The minimum atomic E-state index is -0.235. The number of nitrogens with zero attached hydrogens (tertiary/aromatic N) is 3. The molecule has 1 heterocycles. The summed E-state index contributed by atoms with van der Waals surface area (Å²) in [7, 11) is 1.89. The van der Waals surface area contributed by atoms with Crippen molar-refractivity contribution in [2.75, 3.05) is 0 Å². The zero-order valence-corrected chi connectivity index (χ0v) is 15.4. The molecular weight excluding hydrogens is 361 g/mol. The number of hydrogen-bond acceptors (Lipinski definition) is 4. The molecule has 7 heteroatoms. The Morgan fingerprint density at radius 1 is 1.16 bits per heavy atom. The van der Waals surface area contributed by atoms with Crippen molar-refractivity contribution >= 4 is 23.4 Å². The number of rotatable bonds is 6. The zero-order chi connectivity index (χ0) is 17.8. The lowest BCUT2D eigenvalue weighted by molar-refractivity contribution is 0.290. The van der Waals surface area contributed by atoms with Gasteiger partial charge in [-0.3, -0.25) is 0 Å². The lowest BCUT2D eigenvalue weighted by atomic mass is 10.2. The van der Waals surface area contributed by atoms with Gasteiger partial charge < -0.3 is 9.30 Å². The quantitative estimate of drug-likeness (QED) is 0.579. The largest absolute Gasteiger partial charge is 0.484 e. The van der Waals surface area contributed by atoms with E-state index in [4.69, 9.17) is 16.3 Å². The second-order valence-electron chi connectivity index (χ2n) is 5.60. The number of thioether (sulfide) groups is 1. The van der Waals surface area contributed by atoms with Crippen LogP contribution in [0.15, 0.2) is 47.6 Å². The molecule has 0 aliphatic rings. The standard InChI is InChI=1S/C18H17ClFN3OS/c1-12-3-8-15(19)16(9-12)24-10-17-21-22-18(23(17)2)25-11-13-4-6-14(20)7-5-13/h3-9H,10-11H2,1-2H3. The Bertz CT molecular complexity index is 867. The Kier molecular flexibility index (Phi) is 5.60. The van der Waals surface area contributed by atoms with E-state index < -0.39 is 0 Å². The third kappa shape index (κ3) is 4.52. The highest BCUT2D eigenvalue weighted by Gasteiger charge is 2.11. The molecule has 0 unspecified atom stereocenters. The Hall–Kier alpha value is -2.05. The van der Waals surface area contributed by atoms with Gasteiger partial charge in [0.1, 0.15) is 18.2 Å². The molecular formula is C18H17ClFN3OS. The SMILES string of the molecule is Cc1ccc(Cl)c(OCc2nnc(SCc3ccc(F)cc3)n2C)c1. The number of hydrogen-bond donors (Lipinski definition) is 0. The molecule has 0 aliphatic carbocycles. The molecule has 3 aromatic rings. The van der Waals surface area contributed by atoms with Gasteiger partial charge in [-0.2, -0.15) is 0 Å². The molecule has 0 fully saturated rings. The van der Waals surface area contributed by atoms with E-state index in [1.807, 2.05) is 36.7 Å². The maximum absolute atomic E-state index is 12.9. The van der Waals surface area contributed by atoms with Crippen LogP contribution in [0.2, 0.25) is 5.02 Å². The Balaban J connectivity index is 1.62. The molecule has 130 valence electrons. The molecule has 0 amide bonds. The summed E-state index contributed by atoms with van der Waals surface area (Å²) >= 11 is 7.68. The van der Waals surface area contributed by atoms with Crippen molar-refractivity contribution in [2.45, 2.75) is 24.4 Å². The molecule has 0 saturated heterocycles. The van der Waals surface area contributed by atoms with E-state index in [-0.39, 0.29) is 12.4 Å². The van der Waals surface area contributed by atoms with Crippen molar-refractivity contribution < 1.29 is 9.13 Å². The predicted molar refractivity (Wildman–Crippen MR) is 97.5 cm³/mol. The summed E-state index contributed by atoms with van der Waals surface area (Å²) in [5.41, 5.74) is 2.10. The molecule has 4 nitrogen and oxygen atoms in total. The molecule has 25 heavy (non-hydrogen) atoms. The molecule has 0 spiro atoms. The molecule has 0 radical (unpaired) electrons. The maximum atomic E-state index is 12.9. The van der Waals surface area contributed by atoms with Gasteiger partial charge in [0, 0.05) is 12.8 Å². The molecule has 2 aromatic carbocycles. The van der Waals surface area contributed by atoms with Crippen LogP contribution in [0, 0.1) is 12.7 Å². The third-order valence-corrected chi connectivity index (χ3v) is 5.05. The molecule has 1 aromatic heterocycles. The first-order chi connectivity index (χ1) is 12.0. The minimum Gasteiger partial charge on any atom is -0.484 e. The lowest BCUT2D eigenvalue weighted by Crippen LogP contribution is -2.04. The number of aryl methyl sites for hydroxylation is 1. The van der Waals surface area contributed by atoms with Crippen molar-refractivity contribution in [3.05, 3.63) is 70.3 Å². The Morgan fingerprint density at radius 3 is 2.68 bits per heavy atom. The van der Waals surface area contributed by atoms with Gasteiger partial charge in [-0.05, 0) is 42.3 Å². The van der Waals surface area contributed by atoms with Crippen LogP contribution in [-0.4, -0.2) is 14.8 Å². The second kappa shape index (κ2) is 7.89. The fourth-order valence-electron chi connectivity index (χ4n) is 2.19. The highest BCUT2D eigenvalue weighted by molar-refractivity contribution is 7.98. The van der Waals surface area contributed by atoms with Crippen LogP contribution in [0.1, 0.15) is 17.0 Å². The zero-order valence-electron chi connectivity index (χ0n) is 13.9. The van der Waals surface area contributed by atoms with Gasteiger partial charge in [-0.1, -0.05) is 41.6 Å². The van der Waals surface area contributed by atoms with Gasteiger partial charge in [0.25, 0.3) is 0 Å². The summed E-state index contributed by atoms with van der Waals surface area (Å²) in [5.74, 6) is 1.79. The average Bonchev–Trinajstić information content (AvgIpc) is 2.95. The Labute approximate surface area is 155 Å². The van der Waals surface area contributed by atoms with E-state index in [0.29, 0.717) is 22.3 Å². The fraction of sp³-hybridized carbons (Fsp3) is 0.222. The van der Waals surface area contributed by atoms with Crippen molar-refractivity contribution in [1.82, 2.24) is 14.8 Å². The third-order valence-electron chi connectivity index (χ3n) is 3.65. The lowest BCUT2D eigenvalue weighted by Gasteiger charge is -2.09. The van der Waals surface area contributed by atoms with E-state index in [1.165, 1.54) is 23.9 Å². The van der Waals surface area contributed by atoms with E-state index in [0.717, 1.165) is 16.3 Å². The van der Waals surface area contributed by atoms with Gasteiger partial charge in [-0.25, -0.2) is 4.39 Å².